The summed E-state index contributed by atoms with van der Waals surface area (Å²) >= 11 is 0. The molecular weight excluding hydrogens is 421 g/mol. The molecule has 0 saturated carbocycles. The number of nitrogens with zero attached hydrogens (tertiary/aromatic N) is 3. The SMILES string of the molecule is CCOc1ccc(C(=O)N2CCN(C)CC2)cc1CN(c1ccc(F)cc1)S(C)(=O)=O. The number of carbonyl (C=O) groups excluding carboxylic acids is 1. The Morgan fingerprint density at radius 2 is 1.74 bits per heavy atom. The Hall–Kier alpha value is -2.65. The molecule has 1 aliphatic rings. The molecule has 0 spiro atoms. The van der Waals surface area contributed by atoms with Crippen molar-refractivity contribution < 1.29 is 22.3 Å². The van der Waals surface area contributed by atoms with Crippen LogP contribution >= 0.6 is 0 Å². The van der Waals surface area contributed by atoms with Gasteiger partial charge in [-0.25, -0.2) is 12.8 Å². The fourth-order valence-electron chi connectivity index (χ4n) is 3.49. The third kappa shape index (κ3) is 5.74. The molecule has 0 aromatic heterocycles. The lowest BCUT2D eigenvalue weighted by atomic mass is 10.1. The minimum Gasteiger partial charge on any atom is -0.494 e. The van der Waals surface area contributed by atoms with Crippen molar-refractivity contribution in [2.75, 3.05) is 50.4 Å². The molecule has 9 heteroatoms. The summed E-state index contributed by atoms with van der Waals surface area (Å²) in [5.74, 6) is -0.0368. The predicted octanol–water partition coefficient (Wildman–Crippen LogP) is 2.58. The monoisotopic (exact) mass is 449 g/mol. The van der Waals surface area contributed by atoms with Gasteiger partial charge in [-0.15, -0.1) is 0 Å². The van der Waals surface area contributed by atoms with Crippen LogP contribution in [0.15, 0.2) is 42.5 Å². The maximum atomic E-state index is 13.3. The summed E-state index contributed by atoms with van der Waals surface area (Å²) in [5.41, 5.74) is 1.38. The Morgan fingerprint density at radius 3 is 2.32 bits per heavy atom. The van der Waals surface area contributed by atoms with Crippen molar-refractivity contribution in [1.29, 1.82) is 0 Å². The van der Waals surface area contributed by atoms with E-state index in [1.54, 1.807) is 23.1 Å². The van der Waals surface area contributed by atoms with Gasteiger partial charge in [0.2, 0.25) is 10.0 Å². The molecule has 2 aromatic rings. The molecule has 168 valence electrons. The van der Waals surface area contributed by atoms with Crippen LogP contribution in [-0.4, -0.2) is 70.2 Å². The summed E-state index contributed by atoms with van der Waals surface area (Å²) in [6, 6.07) is 10.3. The maximum absolute atomic E-state index is 13.3. The van der Waals surface area contributed by atoms with E-state index >= 15 is 0 Å². The van der Waals surface area contributed by atoms with Crippen molar-refractivity contribution >= 4 is 21.6 Å². The van der Waals surface area contributed by atoms with Crippen LogP contribution in [0.5, 0.6) is 5.75 Å². The minimum atomic E-state index is -3.67. The zero-order valence-corrected chi connectivity index (χ0v) is 18.9. The normalized spacial score (nSPS) is 15.0. The van der Waals surface area contributed by atoms with E-state index in [0.29, 0.717) is 42.3 Å². The topological polar surface area (TPSA) is 70.2 Å². The second-order valence-corrected chi connectivity index (χ2v) is 9.50. The van der Waals surface area contributed by atoms with Crippen molar-refractivity contribution in [2.45, 2.75) is 13.5 Å². The number of anilines is 1. The Bertz CT molecular complexity index is 1020. The number of piperazine rings is 1. The van der Waals surface area contributed by atoms with Crippen molar-refractivity contribution in [1.82, 2.24) is 9.80 Å². The highest BCUT2D eigenvalue weighted by Gasteiger charge is 2.24. The molecule has 1 saturated heterocycles. The van der Waals surface area contributed by atoms with E-state index in [-0.39, 0.29) is 12.5 Å². The van der Waals surface area contributed by atoms with Gasteiger partial charge in [0.05, 0.1) is 25.1 Å². The number of hydrogen-bond donors (Lipinski definition) is 0. The summed E-state index contributed by atoms with van der Waals surface area (Å²) < 4.78 is 45.2. The highest BCUT2D eigenvalue weighted by Crippen LogP contribution is 2.27. The van der Waals surface area contributed by atoms with E-state index in [4.69, 9.17) is 4.74 Å². The summed E-state index contributed by atoms with van der Waals surface area (Å²) in [6.45, 7) is 5.09. The van der Waals surface area contributed by atoms with Gasteiger partial charge in [0, 0.05) is 37.3 Å². The second kappa shape index (κ2) is 9.65. The lowest BCUT2D eigenvalue weighted by Gasteiger charge is -2.32. The number of halogens is 1. The van der Waals surface area contributed by atoms with Gasteiger partial charge in [0.15, 0.2) is 0 Å². The fraction of sp³-hybridized carbons (Fsp3) is 0.409. The van der Waals surface area contributed by atoms with Crippen LogP contribution in [0.2, 0.25) is 0 Å². The standard InChI is InChI=1S/C22H28FN3O4S/c1-4-30-21-10-5-17(22(27)25-13-11-24(2)12-14-25)15-18(21)16-26(31(3,28)29)20-8-6-19(23)7-9-20/h5-10,15H,4,11-14,16H2,1-3H3. The van der Waals surface area contributed by atoms with Crippen LogP contribution < -0.4 is 9.04 Å². The van der Waals surface area contributed by atoms with E-state index < -0.39 is 15.8 Å². The quantitative estimate of drug-likeness (QED) is 0.650. The van der Waals surface area contributed by atoms with Crippen LogP contribution in [0.4, 0.5) is 10.1 Å². The first kappa shape index (κ1) is 23.0. The first-order valence-corrected chi connectivity index (χ1v) is 12.0. The molecule has 0 radical (unpaired) electrons. The van der Waals surface area contributed by atoms with Crippen molar-refractivity contribution in [3.8, 4) is 5.75 Å². The summed E-state index contributed by atoms with van der Waals surface area (Å²) in [4.78, 5) is 17.0. The van der Waals surface area contributed by atoms with Gasteiger partial charge in [-0.05, 0) is 56.4 Å². The average Bonchev–Trinajstić information content (AvgIpc) is 2.73. The van der Waals surface area contributed by atoms with Gasteiger partial charge < -0.3 is 14.5 Å². The predicted molar refractivity (Wildman–Crippen MR) is 118 cm³/mol. The Morgan fingerprint density at radius 1 is 1.10 bits per heavy atom. The van der Waals surface area contributed by atoms with Crippen molar-refractivity contribution in [3.63, 3.8) is 0 Å². The first-order valence-electron chi connectivity index (χ1n) is 10.2. The summed E-state index contributed by atoms with van der Waals surface area (Å²) in [5, 5.41) is 0. The molecule has 0 unspecified atom stereocenters. The molecule has 1 aliphatic heterocycles. The third-order valence-electron chi connectivity index (χ3n) is 5.23. The van der Waals surface area contributed by atoms with E-state index in [1.807, 2.05) is 14.0 Å². The van der Waals surface area contributed by atoms with Crippen molar-refractivity contribution in [3.05, 3.63) is 59.4 Å². The maximum Gasteiger partial charge on any atom is 0.253 e. The van der Waals surface area contributed by atoms with Crippen LogP contribution in [-0.2, 0) is 16.6 Å². The molecule has 2 aromatic carbocycles. The molecule has 0 bridgehead atoms. The molecule has 1 heterocycles. The van der Waals surface area contributed by atoms with E-state index in [0.717, 1.165) is 19.3 Å². The van der Waals surface area contributed by atoms with E-state index in [9.17, 15) is 17.6 Å². The Kier molecular flexibility index (Phi) is 7.17. The first-order chi connectivity index (χ1) is 14.7. The largest absolute Gasteiger partial charge is 0.494 e. The van der Waals surface area contributed by atoms with Gasteiger partial charge in [-0.2, -0.15) is 0 Å². The molecule has 1 amide bonds. The number of amides is 1. The average molecular weight is 450 g/mol. The molecule has 3 rings (SSSR count). The molecular formula is C22H28FN3O4S. The van der Waals surface area contributed by atoms with Crippen LogP contribution in [0, 0.1) is 5.82 Å². The highest BCUT2D eigenvalue weighted by atomic mass is 32.2. The molecule has 1 fully saturated rings. The number of carbonyl (C=O) groups is 1. The highest BCUT2D eigenvalue weighted by molar-refractivity contribution is 7.92. The van der Waals surface area contributed by atoms with Gasteiger partial charge in [0.25, 0.3) is 5.91 Å². The number of likely N-dealkylation sites (N-methyl/N-ethyl adjacent to an activating group) is 1. The van der Waals surface area contributed by atoms with Gasteiger partial charge in [-0.3, -0.25) is 9.10 Å². The molecule has 0 atom stereocenters. The number of hydrogen-bond acceptors (Lipinski definition) is 5. The Labute approximate surface area is 183 Å². The van der Waals surface area contributed by atoms with Gasteiger partial charge in [-0.1, -0.05) is 0 Å². The van der Waals surface area contributed by atoms with Crippen LogP contribution in [0.25, 0.3) is 0 Å². The van der Waals surface area contributed by atoms with Crippen LogP contribution in [0.1, 0.15) is 22.8 Å². The third-order valence-corrected chi connectivity index (χ3v) is 6.37. The van der Waals surface area contributed by atoms with E-state index in [1.165, 1.54) is 28.6 Å². The minimum absolute atomic E-state index is 0.0380. The van der Waals surface area contributed by atoms with Crippen LogP contribution in [0.3, 0.4) is 0 Å². The number of rotatable bonds is 7. The fourth-order valence-corrected chi connectivity index (χ4v) is 4.36. The Balaban J connectivity index is 1.94. The van der Waals surface area contributed by atoms with Gasteiger partial charge in [0.1, 0.15) is 11.6 Å². The zero-order valence-electron chi connectivity index (χ0n) is 18.0. The summed E-state index contributed by atoms with van der Waals surface area (Å²) in [7, 11) is -1.65. The summed E-state index contributed by atoms with van der Waals surface area (Å²) in [6.07, 6.45) is 1.09. The molecule has 7 nitrogen and oxygen atoms in total. The lowest BCUT2D eigenvalue weighted by Crippen LogP contribution is -2.47. The zero-order chi connectivity index (χ0) is 22.6. The van der Waals surface area contributed by atoms with Gasteiger partial charge >= 0.3 is 0 Å². The lowest BCUT2D eigenvalue weighted by molar-refractivity contribution is 0.0664. The molecule has 0 aliphatic carbocycles. The number of ether oxygens (including phenoxy) is 1. The van der Waals surface area contributed by atoms with E-state index in [2.05, 4.69) is 4.90 Å². The number of sulfonamides is 1. The second-order valence-electron chi connectivity index (χ2n) is 7.60. The van der Waals surface area contributed by atoms with Crippen molar-refractivity contribution in [2.24, 2.45) is 0 Å². The molecule has 0 N–H and O–H groups in total. The smallest absolute Gasteiger partial charge is 0.253 e. The molecule has 31 heavy (non-hydrogen) atoms. The number of benzene rings is 2.